The summed E-state index contributed by atoms with van der Waals surface area (Å²) in [6.07, 6.45) is 0.318. The maximum atomic E-state index is 13.2. The third-order valence-corrected chi connectivity index (χ3v) is 4.02. The molecule has 1 N–H and O–H groups in total. The molecule has 0 unspecified atom stereocenters. The molecule has 0 bridgehead atoms. The second kappa shape index (κ2) is 7.90. The van der Waals surface area contributed by atoms with Gasteiger partial charge in [0.25, 0.3) is 5.91 Å². The first-order chi connectivity index (χ1) is 12.1. The quantitative estimate of drug-likeness (QED) is 0.929. The number of nitrogens with zero attached hydrogens (tertiary/aromatic N) is 1. The molecule has 3 rings (SSSR count). The minimum absolute atomic E-state index is 0.0693. The number of benzene rings is 2. The molecule has 0 saturated carbocycles. The zero-order chi connectivity index (χ0) is 17.6. The fraction of sp³-hybridized carbons (Fsp3) is 0.263. The van der Waals surface area contributed by atoms with E-state index < -0.39 is 5.82 Å². The van der Waals surface area contributed by atoms with E-state index in [1.807, 2.05) is 0 Å². The minimum atomic E-state index is -0.454. The predicted molar refractivity (Wildman–Crippen MR) is 91.9 cm³/mol. The summed E-state index contributed by atoms with van der Waals surface area (Å²) in [7, 11) is 0. The normalized spacial score (nSPS) is 14.2. The lowest BCUT2D eigenvalue weighted by Gasteiger charge is -2.26. The smallest absolute Gasteiger partial charge is 0.255 e. The van der Waals surface area contributed by atoms with Gasteiger partial charge in [0.1, 0.15) is 5.82 Å². The van der Waals surface area contributed by atoms with Gasteiger partial charge in [0.15, 0.2) is 0 Å². The van der Waals surface area contributed by atoms with Crippen LogP contribution in [0.4, 0.5) is 10.1 Å². The Morgan fingerprint density at radius 3 is 2.48 bits per heavy atom. The van der Waals surface area contributed by atoms with Crippen molar-refractivity contribution in [1.82, 2.24) is 4.90 Å². The SMILES string of the molecule is O=C(Nc1ccc(CC(=O)N2CCOCC2)cc1)c1cccc(F)c1. The average molecular weight is 342 g/mol. The van der Waals surface area contributed by atoms with E-state index in [1.54, 1.807) is 35.2 Å². The Kier molecular flexibility index (Phi) is 5.40. The number of carbonyl (C=O) groups is 2. The lowest BCUT2D eigenvalue weighted by Crippen LogP contribution is -2.41. The average Bonchev–Trinajstić information content (AvgIpc) is 2.64. The van der Waals surface area contributed by atoms with Gasteiger partial charge in [-0.2, -0.15) is 0 Å². The Balaban J connectivity index is 1.58. The first-order valence-electron chi connectivity index (χ1n) is 8.13. The summed E-state index contributed by atoms with van der Waals surface area (Å²) in [5.41, 5.74) is 1.73. The lowest BCUT2D eigenvalue weighted by molar-refractivity contribution is -0.134. The fourth-order valence-corrected chi connectivity index (χ4v) is 2.64. The van der Waals surface area contributed by atoms with Crippen LogP contribution >= 0.6 is 0 Å². The summed E-state index contributed by atoms with van der Waals surface area (Å²) >= 11 is 0. The van der Waals surface area contributed by atoms with E-state index in [2.05, 4.69) is 5.32 Å². The molecule has 1 heterocycles. The van der Waals surface area contributed by atoms with Crippen molar-refractivity contribution >= 4 is 17.5 Å². The standard InChI is InChI=1S/C19H19FN2O3/c20-16-3-1-2-15(13-16)19(24)21-17-6-4-14(5-7-17)12-18(23)22-8-10-25-11-9-22/h1-7,13H,8-12H2,(H,21,24). The van der Waals surface area contributed by atoms with E-state index in [4.69, 9.17) is 4.74 Å². The topological polar surface area (TPSA) is 58.6 Å². The van der Waals surface area contributed by atoms with Crippen molar-refractivity contribution in [1.29, 1.82) is 0 Å². The van der Waals surface area contributed by atoms with Gasteiger partial charge < -0.3 is 15.0 Å². The molecule has 0 aromatic heterocycles. The second-order valence-electron chi connectivity index (χ2n) is 5.83. The first kappa shape index (κ1) is 17.1. The zero-order valence-electron chi connectivity index (χ0n) is 13.7. The molecular formula is C19H19FN2O3. The molecule has 0 atom stereocenters. The van der Waals surface area contributed by atoms with Crippen molar-refractivity contribution in [3.63, 3.8) is 0 Å². The summed E-state index contributed by atoms with van der Waals surface area (Å²) in [6, 6.07) is 12.6. The maximum Gasteiger partial charge on any atom is 0.255 e. The highest BCUT2D eigenvalue weighted by atomic mass is 19.1. The molecule has 1 aliphatic rings. The van der Waals surface area contributed by atoms with Gasteiger partial charge in [-0.25, -0.2) is 4.39 Å². The second-order valence-corrected chi connectivity index (χ2v) is 5.83. The van der Waals surface area contributed by atoms with Crippen LogP contribution in [0.25, 0.3) is 0 Å². The van der Waals surface area contributed by atoms with Crippen LogP contribution in [0, 0.1) is 5.82 Å². The summed E-state index contributed by atoms with van der Waals surface area (Å²) in [4.78, 5) is 26.1. The van der Waals surface area contributed by atoms with Crippen LogP contribution in [0.1, 0.15) is 15.9 Å². The number of carbonyl (C=O) groups excluding carboxylic acids is 2. The maximum absolute atomic E-state index is 13.2. The van der Waals surface area contributed by atoms with E-state index in [0.29, 0.717) is 38.4 Å². The number of halogens is 1. The number of hydrogen-bond donors (Lipinski definition) is 1. The Morgan fingerprint density at radius 1 is 1.08 bits per heavy atom. The van der Waals surface area contributed by atoms with Crippen molar-refractivity contribution in [2.45, 2.75) is 6.42 Å². The van der Waals surface area contributed by atoms with E-state index in [1.165, 1.54) is 18.2 Å². The Morgan fingerprint density at radius 2 is 1.80 bits per heavy atom. The third-order valence-electron chi connectivity index (χ3n) is 4.02. The van der Waals surface area contributed by atoms with Gasteiger partial charge in [0, 0.05) is 24.3 Å². The van der Waals surface area contributed by atoms with Crippen molar-refractivity contribution in [2.75, 3.05) is 31.6 Å². The number of hydrogen-bond acceptors (Lipinski definition) is 3. The highest BCUT2D eigenvalue weighted by Crippen LogP contribution is 2.13. The van der Waals surface area contributed by atoms with E-state index in [9.17, 15) is 14.0 Å². The molecule has 1 fully saturated rings. The van der Waals surface area contributed by atoms with Crippen LogP contribution in [0.5, 0.6) is 0 Å². The summed E-state index contributed by atoms with van der Waals surface area (Å²) in [5, 5.41) is 2.71. The molecule has 0 radical (unpaired) electrons. The molecule has 1 aliphatic heterocycles. The number of morpholine rings is 1. The molecule has 2 aromatic rings. The lowest BCUT2D eigenvalue weighted by atomic mass is 10.1. The number of ether oxygens (including phenoxy) is 1. The predicted octanol–water partition coefficient (Wildman–Crippen LogP) is 2.48. The molecule has 6 heteroatoms. The van der Waals surface area contributed by atoms with E-state index >= 15 is 0 Å². The van der Waals surface area contributed by atoms with E-state index in [-0.39, 0.29) is 17.4 Å². The largest absolute Gasteiger partial charge is 0.378 e. The summed E-state index contributed by atoms with van der Waals surface area (Å²) in [6.45, 7) is 2.41. The number of nitrogens with one attached hydrogen (secondary N) is 1. The third kappa shape index (κ3) is 4.64. The molecular weight excluding hydrogens is 323 g/mol. The van der Waals surface area contributed by atoms with Gasteiger partial charge >= 0.3 is 0 Å². The first-order valence-corrected chi connectivity index (χ1v) is 8.13. The van der Waals surface area contributed by atoms with Gasteiger partial charge in [0.2, 0.25) is 5.91 Å². The number of amides is 2. The monoisotopic (exact) mass is 342 g/mol. The van der Waals surface area contributed by atoms with Crippen LogP contribution in [0.15, 0.2) is 48.5 Å². The minimum Gasteiger partial charge on any atom is -0.378 e. The van der Waals surface area contributed by atoms with Crippen molar-refractivity contribution in [2.24, 2.45) is 0 Å². The summed E-state index contributed by atoms with van der Waals surface area (Å²) in [5.74, 6) is -0.763. The van der Waals surface area contributed by atoms with Crippen LogP contribution in [0.3, 0.4) is 0 Å². The van der Waals surface area contributed by atoms with Gasteiger partial charge in [-0.3, -0.25) is 9.59 Å². The Bertz CT molecular complexity index is 756. The molecule has 25 heavy (non-hydrogen) atoms. The van der Waals surface area contributed by atoms with Crippen LogP contribution in [0.2, 0.25) is 0 Å². The van der Waals surface area contributed by atoms with Gasteiger partial charge in [0.05, 0.1) is 19.6 Å². The molecule has 130 valence electrons. The van der Waals surface area contributed by atoms with Crippen molar-refractivity contribution in [3.05, 3.63) is 65.5 Å². The highest BCUT2D eigenvalue weighted by molar-refractivity contribution is 6.04. The summed E-state index contributed by atoms with van der Waals surface area (Å²) < 4.78 is 18.4. The van der Waals surface area contributed by atoms with Gasteiger partial charge in [-0.05, 0) is 35.9 Å². The number of anilines is 1. The molecule has 2 aromatic carbocycles. The Labute approximate surface area is 145 Å². The van der Waals surface area contributed by atoms with E-state index in [0.717, 1.165) is 5.56 Å². The Hall–Kier alpha value is -2.73. The molecule has 5 nitrogen and oxygen atoms in total. The van der Waals surface area contributed by atoms with Crippen molar-refractivity contribution < 1.29 is 18.7 Å². The zero-order valence-corrected chi connectivity index (χ0v) is 13.7. The molecule has 1 saturated heterocycles. The van der Waals surface area contributed by atoms with Gasteiger partial charge in [-0.15, -0.1) is 0 Å². The molecule has 0 aliphatic carbocycles. The highest BCUT2D eigenvalue weighted by Gasteiger charge is 2.17. The fourth-order valence-electron chi connectivity index (χ4n) is 2.64. The molecule has 2 amide bonds. The van der Waals surface area contributed by atoms with Crippen LogP contribution in [-0.2, 0) is 16.0 Å². The van der Waals surface area contributed by atoms with Crippen LogP contribution < -0.4 is 5.32 Å². The van der Waals surface area contributed by atoms with Crippen LogP contribution in [-0.4, -0.2) is 43.0 Å². The van der Waals surface area contributed by atoms with Crippen molar-refractivity contribution in [3.8, 4) is 0 Å². The van der Waals surface area contributed by atoms with Gasteiger partial charge in [-0.1, -0.05) is 18.2 Å². The number of rotatable bonds is 4. The molecule has 0 spiro atoms.